The normalized spacial score (nSPS) is 11.7. The second kappa shape index (κ2) is 6.20. The maximum atomic E-state index is 10.8. The Hall–Kier alpha value is -1.34. The zero-order valence-electron chi connectivity index (χ0n) is 8.69. The number of nitrogens with one attached hydrogen (secondary N) is 1. The van der Waals surface area contributed by atoms with E-state index in [0.717, 1.165) is 18.7 Å². The van der Waals surface area contributed by atoms with Crippen molar-refractivity contribution in [1.82, 2.24) is 0 Å². The first kappa shape index (κ1) is 11.7. The van der Waals surface area contributed by atoms with Crippen molar-refractivity contribution in [3.8, 4) is 6.07 Å². The Labute approximate surface area is 92.6 Å². The third-order valence-electron chi connectivity index (χ3n) is 1.97. The van der Waals surface area contributed by atoms with Crippen LogP contribution in [-0.2, 0) is 10.8 Å². The van der Waals surface area contributed by atoms with E-state index in [0.29, 0.717) is 11.3 Å². The SMILES string of the molecule is CS(=O)CCCNc1ccccc1C#N. The van der Waals surface area contributed by atoms with Gasteiger partial charge < -0.3 is 5.32 Å². The Balaban J connectivity index is 2.44. The maximum Gasteiger partial charge on any atom is 0.101 e. The predicted octanol–water partition coefficient (Wildman–Crippen LogP) is 1.74. The molecule has 15 heavy (non-hydrogen) atoms. The zero-order valence-corrected chi connectivity index (χ0v) is 9.51. The molecule has 0 spiro atoms. The summed E-state index contributed by atoms with van der Waals surface area (Å²) in [6.45, 7) is 0.748. The lowest BCUT2D eigenvalue weighted by molar-refractivity contribution is 0.685. The van der Waals surface area contributed by atoms with Gasteiger partial charge in [-0.2, -0.15) is 5.26 Å². The number of rotatable bonds is 5. The molecule has 0 fully saturated rings. The molecular weight excluding hydrogens is 208 g/mol. The second-order valence-electron chi connectivity index (χ2n) is 3.22. The van der Waals surface area contributed by atoms with Crippen LogP contribution >= 0.6 is 0 Å². The summed E-state index contributed by atoms with van der Waals surface area (Å²) >= 11 is 0. The third kappa shape index (κ3) is 4.13. The van der Waals surface area contributed by atoms with E-state index in [-0.39, 0.29) is 0 Å². The molecule has 0 bridgehead atoms. The van der Waals surface area contributed by atoms with E-state index in [1.807, 2.05) is 18.2 Å². The molecule has 4 heteroatoms. The quantitative estimate of drug-likeness (QED) is 0.772. The minimum absolute atomic E-state index is 0.648. The van der Waals surface area contributed by atoms with Gasteiger partial charge >= 0.3 is 0 Å². The topological polar surface area (TPSA) is 52.9 Å². The molecule has 0 aliphatic heterocycles. The minimum atomic E-state index is -0.736. The first-order valence-electron chi connectivity index (χ1n) is 4.77. The molecular formula is C11H14N2OS. The van der Waals surface area contributed by atoms with Gasteiger partial charge in [-0.15, -0.1) is 0 Å². The van der Waals surface area contributed by atoms with E-state index < -0.39 is 10.8 Å². The molecule has 0 aliphatic rings. The van der Waals surface area contributed by atoms with Crippen LogP contribution in [0.2, 0.25) is 0 Å². The lowest BCUT2D eigenvalue weighted by Crippen LogP contribution is -2.06. The van der Waals surface area contributed by atoms with Gasteiger partial charge in [0.2, 0.25) is 0 Å². The van der Waals surface area contributed by atoms with Crippen molar-refractivity contribution in [3.05, 3.63) is 29.8 Å². The van der Waals surface area contributed by atoms with Gasteiger partial charge in [-0.3, -0.25) is 4.21 Å². The van der Waals surface area contributed by atoms with Gasteiger partial charge in [0.1, 0.15) is 6.07 Å². The molecule has 1 unspecified atom stereocenters. The summed E-state index contributed by atoms with van der Waals surface area (Å²) in [6, 6.07) is 9.51. The molecule has 0 heterocycles. The molecule has 0 saturated heterocycles. The van der Waals surface area contributed by atoms with E-state index >= 15 is 0 Å². The molecule has 0 radical (unpaired) electrons. The standard InChI is InChI=1S/C11H14N2OS/c1-15(14)8-4-7-13-11-6-3-2-5-10(11)9-12/h2-3,5-6,13H,4,7-8H2,1H3. The molecule has 0 saturated carbocycles. The van der Waals surface area contributed by atoms with E-state index in [2.05, 4.69) is 11.4 Å². The van der Waals surface area contributed by atoms with Crippen LogP contribution in [-0.4, -0.2) is 22.8 Å². The zero-order chi connectivity index (χ0) is 11.1. The average Bonchev–Trinajstić information content (AvgIpc) is 2.24. The van der Waals surface area contributed by atoms with Crippen molar-refractivity contribution in [2.45, 2.75) is 6.42 Å². The first-order chi connectivity index (χ1) is 7.24. The highest BCUT2D eigenvalue weighted by Gasteiger charge is 1.99. The minimum Gasteiger partial charge on any atom is -0.384 e. The fourth-order valence-corrected chi connectivity index (χ4v) is 1.78. The van der Waals surface area contributed by atoms with E-state index in [1.54, 1.807) is 12.3 Å². The van der Waals surface area contributed by atoms with Crippen LogP contribution in [0, 0.1) is 11.3 Å². The van der Waals surface area contributed by atoms with Crippen LogP contribution in [0.3, 0.4) is 0 Å². The molecule has 1 rings (SSSR count). The number of anilines is 1. The fourth-order valence-electron chi connectivity index (χ4n) is 1.23. The largest absolute Gasteiger partial charge is 0.384 e. The Morgan fingerprint density at radius 3 is 2.87 bits per heavy atom. The first-order valence-corrected chi connectivity index (χ1v) is 6.50. The number of nitrogens with zero attached hydrogens (tertiary/aromatic N) is 1. The molecule has 3 nitrogen and oxygen atoms in total. The van der Waals surface area contributed by atoms with Crippen LogP contribution in [0.25, 0.3) is 0 Å². The van der Waals surface area contributed by atoms with Crippen molar-refractivity contribution in [1.29, 1.82) is 5.26 Å². The highest BCUT2D eigenvalue weighted by molar-refractivity contribution is 7.84. The Bertz CT molecular complexity index is 384. The van der Waals surface area contributed by atoms with Crippen LogP contribution in [0.5, 0.6) is 0 Å². The number of para-hydroxylation sites is 1. The molecule has 1 aromatic rings. The van der Waals surface area contributed by atoms with Gasteiger partial charge in [-0.05, 0) is 18.6 Å². The Morgan fingerprint density at radius 2 is 2.20 bits per heavy atom. The summed E-state index contributed by atoms with van der Waals surface area (Å²) in [6.07, 6.45) is 2.55. The fraction of sp³-hybridized carbons (Fsp3) is 0.364. The van der Waals surface area contributed by atoms with Gasteiger partial charge in [0.15, 0.2) is 0 Å². The predicted molar refractivity (Wildman–Crippen MR) is 63.2 cm³/mol. The van der Waals surface area contributed by atoms with Crippen LogP contribution in [0.15, 0.2) is 24.3 Å². The maximum absolute atomic E-state index is 10.8. The molecule has 80 valence electrons. The number of hydrogen-bond donors (Lipinski definition) is 1. The van der Waals surface area contributed by atoms with Crippen molar-refractivity contribution < 1.29 is 4.21 Å². The summed E-state index contributed by atoms with van der Waals surface area (Å²) in [7, 11) is -0.736. The smallest absolute Gasteiger partial charge is 0.101 e. The van der Waals surface area contributed by atoms with Gasteiger partial charge in [0, 0.05) is 29.4 Å². The van der Waals surface area contributed by atoms with Crippen LogP contribution in [0.4, 0.5) is 5.69 Å². The number of benzene rings is 1. The summed E-state index contributed by atoms with van der Waals surface area (Å²) in [5, 5.41) is 12.0. The van der Waals surface area contributed by atoms with Gasteiger partial charge in [0.25, 0.3) is 0 Å². The number of hydrogen-bond acceptors (Lipinski definition) is 3. The highest BCUT2D eigenvalue weighted by Crippen LogP contribution is 2.12. The van der Waals surface area contributed by atoms with Crippen molar-refractivity contribution in [2.24, 2.45) is 0 Å². The molecule has 0 amide bonds. The monoisotopic (exact) mass is 222 g/mol. The third-order valence-corrected chi connectivity index (χ3v) is 2.84. The average molecular weight is 222 g/mol. The van der Waals surface area contributed by atoms with Gasteiger partial charge in [-0.25, -0.2) is 0 Å². The molecule has 1 atom stereocenters. The summed E-state index contributed by atoms with van der Waals surface area (Å²) < 4.78 is 10.8. The van der Waals surface area contributed by atoms with E-state index in [4.69, 9.17) is 5.26 Å². The van der Waals surface area contributed by atoms with Crippen LogP contribution in [0.1, 0.15) is 12.0 Å². The van der Waals surface area contributed by atoms with E-state index in [1.165, 1.54) is 0 Å². The summed E-state index contributed by atoms with van der Waals surface area (Å²) in [5.74, 6) is 0.696. The molecule has 0 aromatic heterocycles. The summed E-state index contributed by atoms with van der Waals surface area (Å²) in [5.41, 5.74) is 1.50. The Kier molecular flexibility index (Phi) is 4.85. The molecule has 1 N–H and O–H groups in total. The van der Waals surface area contributed by atoms with Crippen LogP contribution < -0.4 is 5.32 Å². The van der Waals surface area contributed by atoms with E-state index in [9.17, 15) is 4.21 Å². The highest BCUT2D eigenvalue weighted by atomic mass is 32.2. The van der Waals surface area contributed by atoms with Crippen molar-refractivity contribution >= 4 is 16.5 Å². The Morgan fingerprint density at radius 1 is 1.47 bits per heavy atom. The lowest BCUT2D eigenvalue weighted by Gasteiger charge is -2.06. The molecule has 0 aliphatic carbocycles. The van der Waals surface area contributed by atoms with Gasteiger partial charge in [0.05, 0.1) is 11.3 Å². The second-order valence-corrected chi connectivity index (χ2v) is 4.77. The van der Waals surface area contributed by atoms with Gasteiger partial charge in [-0.1, -0.05) is 12.1 Å². The number of nitriles is 1. The van der Waals surface area contributed by atoms with Crippen molar-refractivity contribution in [2.75, 3.05) is 23.9 Å². The molecule has 1 aromatic carbocycles. The lowest BCUT2D eigenvalue weighted by atomic mass is 10.2. The van der Waals surface area contributed by atoms with Crippen molar-refractivity contribution in [3.63, 3.8) is 0 Å². The summed E-state index contributed by atoms with van der Waals surface area (Å²) in [4.78, 5) is 0.